The summed E-state index contributed by atoms with van der Waals surface area (Å²) in [6.45, 7) is 8.03. The van der Waals surface area contributed by atoms with Gasteiger partial charge in [0.25, 0.3) is 0 Å². The molecule has 0 atom stereocenters. The first-order chi connectivity index (χ1) is 13.1. The van der Waals surface area contributed by atoms with Crippen LogP contribution in [-0.4, -0.2) is 63.0 Å². The first kappa shape index (κ1) is 18.1. The van der Waals surface area contributed by atoms with Crippen molar-refractivity contribution in [2.24, 2.45) is 0 Å². The number of ether oxygens (including phenoxy) is 1. The van der Waals surface area contributed by atoms with Crippen molar-refractivity contribution in [1.29, 1.82) is 0 Å². The number of H-pyrrole nitrogens is 1. The molecule has 2 aromatic heterocycles. The van der Waals surface area contributed by atoms with E-state index in [9.17, 15) is 0 Å². The van der Waals surface area contributed by atoms with Crippen LogP contribution in [0.4, 0.5) is 5.82 Å². The molecule has 7 nitrogen and oxygen atoms in total. The van der Waals surface area contributed by atoms with Gasteiger partial charge in [-0.15, -0.1) is 0 Å². The molecule has 0 unspecified atom stereocenters. The Morgan fingerprint density at radius 3 is 2.67 bits per heavy atom. The minimum absolute atomic E-state index is 0.128. The van der Waals surface area contributed by atoms with Gasteiger partial charge in [-0.25, -0.2) is 14.3 Å². The number of aromatic nitrogens is 4. The number of fused-ring (bicyclic) bond motifs is 1. The minimum atomic E-state index is 0.128. The molecule has 3 heterocycles. The van der Waals surface area contributed by atoms with Gasteiger partial charge in [0.1, 0.15) is 23.6 Å². The molecule has 0 aliphatic carbocycles. The highest BCUT2D eigenvalue weighted by Gasteiger charge is 2.19. The van der Waals surface area contributed by atoms with Crippen LogP contribution >= 0.6 is 11.9 Å². The molecule has 1 N–H and O–H groups in total. The zero-order valence-electron chi connectivity index (χ0n) is 15.8. The van der Waals surface area contributed by atoms with Gasteiger partial charge in [-0.3, -0.25) is 5.10 Å². The molecule has 8 heteroatoms. The van der Waals surface area contributed by atoms with E-state index in [-0.39, 0.29) is 6.10 Å². The van der Waals surface area contributed by atoms with Crippen molar-refractivity contribution >= 4 is 28.7 Å². The van der Waals surface area contributed by atoms with E-state index in [0.29, 0.717) is 0 Å². The van der Waals surface area contributed by atoms with Crippen molar-refractivity contribution in [3.8, 4) is 17.1 Å². The Morgan fingerprint density at radius 1 is 1.11 bits per heavy atom. The van der Waals surface area contributed by atoms with Crippen LogP contribution in [0.5, 0.6) is 5.75 Å². The largest absolute Gasteiger partial charge is 0.491 e. The van der Waals surface area contributed by atoms with Crippen molar-refractivity contribution in [2.45, 2.75) is 20.0 Å². The monoisotopic (exact) mass is 384 g/mol. The Hall–Kier alpha value is -2.32. The average Bonchev–Trinajstić information content (AvgIpc) is 3.11. The normalized spacial score (nSPS) is 15.6. The second kappa shape index (κ2) is 7.74. The van der Waals surface area contributed by atoms with Gasteiger partial charge in [-0.1, -0.05) is 11.9 Å². The van der Waals surface area contributed by atoms with Gasteiger partial charge >= 0.3 is 0 Å². The second-order valence-corrected chi connectivity index (χ2v) is 7.69. The Bertz CT molecular complexity index is 919. The maximum absolute atomic E-state index is 5.83. The predicted octanol–water partition coefficient (Wildman–Crippen LogP) is 3.21. The first-order valence-electron chi connectivity index (χ1n) is 9.15. The van der Waals surface area contributed by atoms with Crippen LogP contribution in [0.1, 0.15) is 13.8 Å². The molecule has 1 saturated heterocycles. The maximum Gasteiger partial charge on any atom is 0.132 e. The number of aromatic amines is 1. The van der Waals surface area contributed by atoms with Crippen LogP contribution in [0, 0.1) is 0 Å². The fourth-order valence-electron chi connectivity index (χ4n) is 3.28. The zero-order valence-corrected chi connectivity index (χ0v) is 16.7. The summed E-state index contributed by atoms with van der Waals surface area (Å²) in [4.78, 5) is 11.3. The quantitative estimate of drug-likeness (QED) is 0.677. The Labute approximate surface area is 163 Å². The van der Waals surface area contributed by atoms with Crippen LogP contribution in [-0.2, 0) is 0 Å². The smallest absolute Gasteiger partial charge is 0.132 e. The summed E-state index contributed by atoms with van der Waals surface area (Å²) < 4.78 is 8.20. The number of hydrogen-bond acceptors (Lipinski definition) is 7. The van der Waals surface area contributed by atoms with E-state index >= 15 is 0 Å². The number of nitrogens with zero attached hydrogens (tertiary/aromatic N) is 5. The lowest BCUT2D eigenvalue weighted by molar-refractivity contribution is 0.243. The molecule has 1 aliphatic rings. The third kappa shape index (κ3) is 3.86. The van der Waals surface area contributed by atoms with Crippen molar-refractivity contribution in [1.82, 2.24) is 24.5 Å². The molecule has 27 heavy (non-hydrogen) atoms. The lowest BCUT2D eigenvalue weighted by Crippen LogP contribution is -2.43. The molecule has 0 radical (unpaired) electrons. The third-order valence-corrected chi connectivity index (χ3v) is 5.50. The van der Waals surface area contributed by atoms with Crippen LogP contribution in [0.15, 0.2) is 30.6 Å². The number of benzene rings is 1. The van der Waals surface area contributed by atoms with E-state index in [1.54, 1.807) is 18.3 Å². The van der Waals surface area contributed by atoms with Gasteiger partial charge < -0.3 is 9.64 Å². The molecular formula is C19H24N6OS. The molecule has 0 spiro atoms. The van der Waals surface area contributed by atoms with Crippen LogP contribution in [0.25, 0.3) is 22.3 Å². The summed E-state index contributed by atoms with van der Waals surface area (Å²) in [7, 11) is 0. The van der Waals surface area contributed by atoms with E-state index in [4.69, 9.17) is 4.74 Å². The SMILES string of the molecule is CSN1CCN(c2cc(-c3n[nH]c4ccc(OC(C)C)cc34)ncn2)CC1. The lowest BCUT2D eigenvalue weighted by atomic mass is 10.1. The van der Waals surface area contributed by atoms with E-state index in [1.165, 1.54) is 0 Å². The predicted molar refractivity (Wildman–Crippen MR) is 110 cm³/mol. The second-order valence-electron chi connectivity index (χ2n) is 6.81. The molecule has 0 amide bonds. The highest BCUT2D eigenvalue weighted by atomic mass is 32.2. The summed E-state index contributed by atoms with van der Waals surface area (Å²) in [5.74, 6) is 1.79. The Balaban J connectivity index is 1.64. The van der Waals surface area contributed by atoms with Crippen molar-refractivity contribution < 1.29 is 4.74 Å². The van der Waals surface area contributed by atoms with Crippen molar-refractivity contribution in [3.63, 3.8) is 0 Å². The number of anilines is 1. The standard InChI is InChI=1S/C19H24N6OS/c1-13(2)26-14-4-5-16-15(10-14)19(23-22-16)17-11-18(21-12-20-17)24-6-8-25(27-3)9-7-24/h4-5,10-13H,6-9H2,1-3H3,(H,22,23). The maximum atomic E-state index is 5.83. The third-order valence-electron chi connectivity index (χ3n) is 4.62. The van der Waals surface area contributed by atoms with Gasteiger partial charge in [-0.05, 0) is 38.3 Å². The summed E-state index contributed by atoms with van der Waals surface area (Å²) in [6.07, 6.45) is 3.88. The summed E-state index contributed by atoms with van der Waals surface area (Å²) in [5, 5.41) is 8.59. The molecule has 0 bridgehead atoms. The minimum Gasteiger partial charge on any atom is -0.491 e. The Morgan fingerprint density at radius 2 is 1.93 bits per heavy atom. The van der Waals surface area contributed by atoms with E-state index < -0.39 is 0 Å². The number of piperazine rings is 1. The topological polar surface area (TPSA) is 70.2 Å². The average molecular weight is 385 g/mol. The molecule has 1 aromatic carbocycles. The summed E-state index contributed by atoms with van der Waals surface area (Å²) >= 11 is 1.80. The molecule has 1 aliphatic heterocycles. The van der Waals surface area contributed by atoms with Gasteiger partial charge in [-0.2, -0.15) is 5.10 Å². The molecule has 4 rings (SSSR count). The molecule has 0 saturated carbocycles. The van der Waals surface area contributed by atoms with E-state index in [2.05, 4.69) is 35.6 Å². The van der Waals surface area contributed by atoms with Gasteiger partial charge in [0, 0.05) is 37.6 Å². The van der Waals surface area contributed by atoms with E-state index in [1.807, 2.05) is 38.1 Å². The van der Waals surface area contributed by atoms with Crippen molar-refractivity contribution in [3.05, 3.63) is 30.6 Å². The fraction of sp³-hybridized carbons (Fsp3) is 0.421. The van der Waals surface area contributed by atoms with Crippen molar-refractivity contribution in [2.75, 3.05) is 37.3 Å². The van der Waals surface area contributed by atoms with E-state index in [0.717, 1.165) is 60.0 Å². The highest BCUT2D eigenvalue weighted by molar-refractivity contribution is 7.96. The molecular weight excluding hydrogens is 360 g/mol. The first-order valence-corrected chi connectivity index (χ1v) is 10.3. The number of rotatable bonds is 5. The highest BCUT2D eigenvalue weighted by Crippen LogP contribution is 2.30. The van der Waals surface area contributed by atoms with Crippen LogP contribution < -0.4 is 9.64 Å². The Kier molecular flexibility index (Phi) is 5.18. The van der Waals surface area contributed by atoms with Gasteiger partial charge in [0.15, 0.2) is 0 Å². The van der Waals surface area contributed by atoms with Crippen LogP contribution in [0.2, 0.25) is 0 Å². The fourth-order valence-corrected chi connectivity index (χ4v) is 3.81. The van der Waals surface area contributed by atoms with Gasteiger partial charge in [0.2, 0.25) is 0 Å². The van der Waals surface area contributed by atoms with Crippen LogP contribution in [0.3, 0.4) is 0 Å². The molecule has 3 aromatic rings. The number of hydrogen-bond donors (Lipinski definition) is 1. The van der Waals surface area contributed by atoms with Gasteiger partial charge in [0.05, 0.1) is 17.3 Å². The number of nitrogens with one attached hydrogen (secondary N) is 1. The molecule has 1 fully saturated rings. The summed E-state index contributed by atoms with van der Waals surface area (Å²) in [6, 6.07) is 8.00. The lowest BCUT2D eigenvalue weighted by Gasteiger charge is -2.33. The summed E-state index contributed by atoms with van der Waals surface area (Å²) in [5.41, 5.74) is 2.61. The molecule has 142 valence electrons. The zero-order chi connectivity index (χ0) is 18.8.